The van der Waals surface area contributed by atoms with Gasteiger partial charge in [0.05, 0.1) is 26.4 Å². The van der Waals surface area contributed by atoms with Gasteiger partial charge < -0.3 is 75.1 Å². The standard InChI is InChI=1S/C17H32O15/c18-1-5(22)15(32-17-14(28)12(26)10(24)7(3-20)30-17)8(4-21)31-16-13(27)11(25)9(23)6(2-19)29-16/h5-28H,1-4H2/t5-,6-,7-,8+,9-,10-,11+,12+,13-,14-,15+,16-,17-/m1/s1. The molecule has 2 saturated heterocycles. The van der Waals surface area contributed by atoms with E-state index in [1.807, 2.05) is 0 Å². The van der Waals surface area contributed by atoms with Crippen LogP contribution >= 0.6 is 0 Å². The topological polar surface area (TPSA) is 259 Å². The van der Waals surface area contributed by atoms with E-state index in [1.165, 1.54) is 0 Å². The molecule has 2 aliphatic heterocycles. The second kappa shape index (κ2) is 12.2. The Morgan fingerprint density at radius 2 is 1.03 bits per heavy atom. The third-order valence-corrected chi connectivity index (χ3v) is 5.41. The highest BCUT2D eigenvalue weighted by Gasteiger charge is 2.49. The smallest absolute Gasteiger partial charge is 0.187 e. The minimum absolute atomic E-state index is 0.751. The van der Waals surface area contributed by atoms with Crippen molar-refractivity contribution in [3.05, 3.63) is 0 Å². The third kappa shape index (κ3) is 5.90. The Morgan fingerprint density at radius 1 is 0.594 bits per heavy atom. The molecule has 32 heavy (non-hydrogen) atoms. The highest BCUT2D eigenvalue weighted by atomic mass is 16.7. The molecule has 0 aromatic rings. The maximum absolute atomic E-state index is 10.2. The average Bonchev–Trinajstić information content (AvgIpc) is 2.80. The van der Waals surface area contributed by atoms with Crippen LogP contribution in [-0.4, -0.2) is 162 Å². The van der Waals surface area contributed by atoms with Crippen molar-refractivity contribution in [3.63, 3.8) is 0 Å². The van der Waals surface area contributed by atoms with Crippen LogP contribution in [0.1, 0.15) is 0 Å². The number of hydrogen-bond donors (Lipinski definition) is 11. The Morgan fingerprint density at radius 3 is 1.41 bits per heavy atom. The maximum atomic E-state index is 10.2. The van der Waals surface area contributed by atoms with Gasteiger partial charge in [-0.05, 0) is 0 Å². The van der Waals surface area contributed by atoms with E-state index in [9.17, 15) is 56.2 Å². The molecule has 0 aliphatic carbocycles. The lowest BCUT2D eigenvalue weighted by Crippen LogP contribution is -2.63. The SMILES string of the molecule is OC[C@@H](O)[C@H](O[C@H]1O[C@H](CO)[C@@H](O)[C@H](O)[C@H]1O)[C@H](CO)O[C@H]1O[C@H](CO)[C@@H](O)[C@H](O)[C@H]1O. The first-order chi connectivity index (χ1) is 15.1. The van der Waals surface area contributed by atoms with Gasteiger partial charge in [0.2, 0.25) is 0 Å². The first kappa shape index (κ1) is 27.6. The molecule has 0 amide bonds. The molecule has 15 nitrogen and oxygen atoms in total. The van der Waals surface area contributed by atoms with Gasteiger partial charge in [0.1, 0.15) is 67.1 Å². The minimum Gasteiger partial charge on any atom is -0.394 e. The first-order valence-electron chi connectivity index (χ1n) is 9.92. The predicted molar refractivity (Wildman–Crippen MR) is 97.5 cm³/mol. The fourth-order valence-electron chi connectivity index (χ4n) is 3.44. The molecule has 0 radical (unpaired) electrons. The van der Waals surface area contributed by atoms with Crippen molar-refractivity contribution in [2.45, 2.75) is 79.7 Å². The molecular formula is C17H32O15. The fraction of sp³-hybridized carbons (Fsp3) is 1.00. The van der Waals surface area contributed by atoms with Gasteiger partial charge in [-0.3, -0.25) is 0 Å². The van der Waals surface area contributed by atoms with E-state index in [0.717, 1.165) is 0 Å². The van der Waals surface area contributed by atoms with Gasteiger partial charge in [-0.25, -0.2) is 0 Å². The molecule has 2 fully saturated rings. The van der Waals surface area contributed by atoms with Crippen LogP contribution < -0.4 is 0 Å². The average molecular weight is 476 g/mol. The van der Waals surface area contributed by atoms with Crippen molar-refractivity contribution < 1.29 is 75.1 Å². The highest BCUT2D eigenvalue weighted by molar-refractivity contribution is 4.92. The van der Waals surface area contributed by atoms with Gasteiger partial charge in [-0.2, -0.15) is 0 Å². The lowest BCUT2D eigenvalue weighted by molar-refractivity contribution is -0.349. The third-order valence-electron chi connectivity index (χ3n) is 5.41. The molecular weight excluding hydrogens is 444 g/mol. The second-order valence-electron chi connectivity index (χ2n) is 7.60. The van der Waals surface area contributed by atoms with Crippen molar-refractivity contribution >= 4 is 0 Å². The van der Waals surface area contributed by atoms with Crippen molar-refractivity contribution in [2.75, 3.05) is 26.4 Å². The van der Waals surface area contributed by atoms with E-state index in [0.29, 0.717) is 0 Å². The van der Waals surface area contributed by atoms with Crippen molar-refractivity contribution in [3.8, 4) is 0 Å². The molecule has 2 heterocycles. The van der Waals surface area contributed by atoms with Crippen LogP contribution in [0.25, 0.3) is 0 Å². The molecule has 2 aliphatic rings. The van der Waals surface area contributed by atoms with E-state index in [-0.39, 0.29) is 0 Å². The number of aliphatic hydroxyl groups excluding tert-OH is 11. The van der Waals surface area contributed by atoms with Crippen molar-refractivity contribution in [1.82, 2.24) is 0 Å². The van der Waals surface area contributed by atoms with E-state index in [4.69, 9.17) is 18.9 Å². The van der Waals surface area contributed by atoms with Gasteiger partial charge in [0, 0.05) is 0 Å². The summed E-state index contributed by atoms with van der Waals surface area (Å²) >= 11 is 0. The molecule has 190 valence electrons. The molecule has 0 spiro atoms. The molecule has 2 rings (SSSR count). The molecule has 15 heteroatoms. The van der Waals surface area contributed by atoms with Crippen molar-refractivity contribution in [1.29, 1.82) is 0 Å². The van der Waals surface area contributed by atoms with Gasteiger partial charge in [0.15, 0.2) is 12.6 Å². The Hall–Kier alpha value is -0.600. The van der Waals surface area contributed by atoms with Crippen molar-refractivity contribution in [2.24, 2.45) is 0 Å². The van der Waals surface area contributed by atoms with E-state index < -0.39 is 106 Å². The van der Waals surface area contributed by atoms with E-state index >= 15 is 0 Å². The summed E-state index contributed by atoms with van der Waals surface area (Å²) in [5, 5.41) is 108. The largest absolute Gasteiger partial charge is 0.394 e. The Balaban J connectivity index is 2.19. The zero-order chi connectivity index (χ0) is 24.2. The summed E-state index contributed by atoms with van der Waals surface area (Å²) in [5.74, 6) is 0. The van der Waals surface area contributed by atoms with Crippen LogP contribution in [0, 0.1) is 0 Å². The zero-order valence-corrected chi connectivity index (χ0v) is 16.9. The monoisotopic (exact) mass is 476 g/mol. The summed E-state index contributed by atoms with van der Waals surface area (Å²) in [5.41, 5.74) is 0. The molecule has 0 saturated carbocycles. The molecule has 0 bridgehead atoms. The number of hydrogen-bond acceptors (Lipinski definition) is 15. The Bertz CT molecular complexity index is 550. The van der Waals surface area contributed by atoms with Crippen LogP contribution in [0.2, 0.25) is 0 Å². The normalized spacial score (nSPS) is 43.6. The summed E-state index contributed by atoms with van der Waals surface area (Å²) in [7, 11) is 0. The lowest BCUT2D eigenvalue weighted by atomic mass is 9.98. The summed E-state index contributed by atoms with van der Waals surface area (Å²) in [6.07, 6.45) is -21.9. The molecule has 11 N–H and O–H groups in total. The quantitative estimate of drug-likeness (QED) is 0.140. The minimum atomic E-state index is -1.87. The number of ether oxygens (including phenoxy) is 4. The van der Waals surface area contributed by atoms with Crippen LogP contribution in [0.5, 0.6) is 0 Å². The maximum Gasteiger partial charge on any atom is 0.187 e. The van der Waals surface area contributed by atoms with Gasteiger partial charge in [-0.15, -0.1) is 0 Å². The van der Waals surface area contributed by atoms with E-state index in [2.05, 4.69) is 0 Å². The molecule has 0 unspecified atom stereocenters. The highest BCUT2D eigenvalue weighted by Crippen LogP contribution is 2.27. The van der Waals surface area contributed by atoms with Gasteiger partial charge in [0.25, 0.3) is 0 Å². The molecule has 0 aromatic heterocycles. The number of rotatable bonds is 10. The summed E-state index contributed by atoms with van der Waals surface area (Å²) in [4.78, 5) is 0. The first-order valence-corrected chi connectivity index (χ1v) is 9.92. The Labute approximate surface area is 182 Å². The Kier molecular flexibility index (Phi) is 10.5. The van der Waals surface area contributed by atoms with E-state index in [1.54, 1.807) is 0 Å². The summed E-state index contributed by atoms with van der Waals surface area (Å²) < 4.78 is 21.1. The van der Waals surface area contributed by atoms with Crippen LogP contribution in [0.4, 0.5) is 0 Å². The predicted octanol–water partition coefficient (Wildman–Crippen LogP) is -7.30. The van der Waals surface area contributed by atoms with Crippen LogP contribution in [0.15, 0.2) is 0 Å². The van der Waals surface area contributed by atoms with Gasteiger partial charge in [-0.1, -0.05) is 0 Å². The number of aliphatic hydroxyl groups is 11. The molecule has 0 aromatic carbocycles. The summed E-state index contributed by atoms with van der Waals surface area (Å²) in [6, 6.07) is 0. The fourth-order valence-corrected chi connectivity index (χ4v) is 3.44. The van der Waals surface area contributed by atoms with Crippen LogP contribution in [-0.2, 0) is 18.9 Å². The zero-order valence-electron chi connectivity index (χ0n) is 16.9. The summed E-state index contributed by atoms with van der Waals surface area (Å²) in [6.45, 7) is -3.37. The van der Waals surface area contributed by atoms with Crippen LogP contribution in [0.3, 0.4) is 0 Å². The molecule has 13 atom stereocenters. The lowest BCUT2D eigenvalue weighted by Gasteiger charge is -2.44. The van der Waals surface area contributed by atoms with Gasteiger partial charge >= 0.3 is 0 Å². The second-order valence-corrected chi connectivity index (χ2v) is 7.60.